The molecule has 4 rings (SSSR count). The summed E-state index contributed by atoms with van der Waals surface area (Å²) in [5.74, 6) is 1.62. The maximum atomic E-state index is 12.6. The third-order valence-corrected chi connectivity index (χ3v) is 4.77. The zero-order chi connectivity index (χ0) is 16.5. The standard InChI is InChI=1S/C16H16N4O3S/c1-2-10(11-8-20-5-3-4-17-16(20)19-11)18-15(21)14-13-12(9-24-14)22-6-7-23-13/h3-5,8-10H,2,6-7H2,1H3,(H,18,21)/t10-/m0/s1. The molecule has 3 aromatic rings. The third-order valence-electron chi connectivity index (χ3n) is 3.83. The van der Waals surface area contributed by atoms with Gasteiger partial charge in [0.15, 0.2) is 11.5 Å². The van der Waals surface area contributed by atoms with Gasteiger partial charge in [0.25, 0.3) is 5.91 Å². The van der Waals surface area contributed by atoms with E-state index in [-0.39, 0.29) is 11.9 Å². The van der Waals surface area contributed by atoms with E-state index in [1.54, 1.807) is 11.6 Å². The molecule has 1 N–H and O–H groups in total. The van der Waals surface area contributed by atoms with Crippen LogP contribution in [-0.4, -0.2) is 33.5 Å². The molecule has 0 spiro atoms. The highest BCUT2D eigenvalue weighted by Crippen LogP contribution is 2.39. The van der Waals surface area contributed by atoms with Gasteiger partial charge in [-0.15, -0.1) is 11.3 Å². The molecule has 0 aromatic carbocycles. The first-order valence-electron chi connectivity index (χ1n) is 7.74. The molecule has 0 fully saturated rings. The van der Waals surface area contributed by atoms with Crippen LogP contribution < -0.4 is 14.8 Å². The molecular formula is C16H16N4O3S. The Kier molecular flexibility index (Phi) is 3.81. The topological polar surface area (TPSA) is 77.8 Å². The SMILES string of the molecule is CC[C@H](NC(=O)c1scc2c1OCCO2)c1cn2cccnc2n1. The Morgan fingerprint density at radius 3 is 3.17 bits per heavy atom. The molecule has 0 bridgehead atoms. The van der Waals surface area contributed by atoms with Crippen molar-refractivity contribution in [3.05, 3.63) is 40.6 Å². The Morgan fingerprint density at radius 1 is 1.46 bits per heavy atom. The molecule has 0 saturated heterocycles. The van der Waals surface area contributed by atoms with Crippen molar-refractivity contribution in [1.29, 1.82) is 0 Å². The van der Waals surface area contributed by atoms with Gasteiger partial charge in [-0.3, -0.25) is 9.20 Å². The monoisotopic (exact) mass is 344 g/mol. The summed E-state index contributed by atoms with van der Waals surface area (Å²) < 4.78 is 12.9. The van der Waals surface area contributed by atoms with Gasteiger partial charge in [0.2, 0.25) is 5.78 Å². The number of rotatable bonds is 4. The molecule has 24 heavy (non-hydrogen) atoms. The summed E-state index contributed by atoms with van der Waals surface area (Å²) in [4.78, 5) is 21.9. The Balaban J connectivity index is 1.58. The van der Waals surface area contributed by atoms with Crippen LogP contribution in [0.5, 0.6) is 11.5 Å². The lowest BCUT2D eigenvalue weighted by atomic mass is 10.1. The summed E-state index contributed by atoms with van der Waals surface area (Å²) in [5, 5.41) is 4.83. The van der Waals surface area contributed by atoms with Gasteiger partial charge in [0.1, 0.15) is 18.1 Å². The fourth-order valence-electron chi connectivity index (χ4n) is 2.64. The van der Waals surface area contributed by atoms with Crippen LogP contribution in [0.3, 0.4) is 0 Å². The number of carbonyl (C=O) groups is 1. The van der Waals surface area contributed by atoms with Gasteiger partial charge in [-0.1, -0.05) is 6.92 Å². The van der Waals surface area contributed by atoms with Gasteiger partial charge in [0.05, 0.1) is 11.7 Å². The summed E-state index contributed by atoms with van der Waals surface area (Å²) in [5.41, 5.74) is 0.784. The molecule has 8 heteroatoms. The van der Waals surface area contributed by atoms with Gasteiger partial charge < -0.3 is 14.8 Å². The molecule has 124 valence electrons. The Morgan fingerprint density at radius 2 is 2.33 bits per heavy atom. The number of nitrogens with one attached hydrogen (secondary N) is 1. The smallest absolute Gasteiger partial charge is 0.265 e. The lowest BCUT2D eigenvalue weighted by Gasteiger charge is -2.17. The summed E-state index contributed by atoms with van der Waals surface area (Å²) in [6, 6.07) is 1.65. The van der Waals surface area contributed by atoms with E-state index >= 15 is 0 Å². The van der Waals surface area contributed by atoms with Crippen LogP contribution in [0, 0.1) is 0 Å². The van der Waals surface area contributed by atoms with Crippen LogP contribution in [0.2, 0.25) is 0 Å². The van der Waals surface area contributed by atoms with Crippen LogP contribution >= 0.6 is 11.3 Å². The van der Waals surface area contributed by atoms with Crippen LogP contribution in [0.15, 0.2) is 30.0 Å². The molecule has 0 radical (unpaired) electrons. The average Bonchev–Trinajstić information content (AvgIpc) is 3.23. The molecule has 1 aliphatic rings. The van der Waals surface area contributed by atoms with Gasteiger partial charge in [0, 0.05) is 24.0 Å². The number of nitrogens with zero attached hydrogens (tertiary/aromatic N) is 3. The maximum Gasteiger partial charge on any atom is 0.265 e. The molecule has 3 aromatic heterocycles. The van der Waals surface area contributed by atoms with Crippen LogP contribution in [0.1, 0.15) is 34.8 Å². The van der Waals surface area contributed by atoms with Crippen molar-refractivity contribution >= 4 is 23.0 Å². The van der Waals surface area contributed by atoms with Gasteiger partial charge in [-0.2, -0.15) is 0 Å². The van der Waals surface area contributed by atoms with E-state index in [4.69, 9.17) is 9.47 Å². The molecule has 1 amide bonds. The minimum Gasteiger partial charge on any atom is -0.485 e. The average molecular weight is 344 g/mol. The first-order valence-corrected chi connectivity index (χ1v) is 8.61. The molecule has 0 saturated carbocycles. The second-order valence-electron chi connectivity index (χ2n) is 5.38. The number of ether oxygens (including phenoxy) is 2. The number of thiophene rings is 1. The largest absolute Gasteiger partial charge is 0.485 e. The van der Waals surface area contributed by atoms with Crippen molar-refractivity contribution in [2.45, 2.75) is 19.4 Å². The summed E-state index contributed by atoms with van der Waals surface area (Å²) in [6.07, 6.45) is 6.19. The summed E-state index contributed by atoms with van der Waals surface area (Å²) in [7, 11) is 0. The Labute approximate surface area is 142 Å². The quantitative estimate of drug-likeness (QED) is 0.786. The first-order chi connectivity index (χ1) is 11.8. The summed E-state index contributed by atoms with van der Waals surface area (Å²) in [6.45, 7) is 2.97. The molecular weight excluding hydrogens is 328 g/mol. The van der Waals surface area contributed by atoms with Crippen molar-refractivity contribution in [3.63, 3.8) is 0 Å². The van der Waals surface area contributed by atoms with Crippen molar-refractivity contribution in [1.82, 2.24) is 19.7 Å². The molecule has 0 aliphatic carbocycles. The molecule has 1 atom stereocenters. The lowest BCUT2D eigenvalue weighted by molar-refractivity contribution is 0.0930. The fourth-order valence-corrected chi connectivity index (χ4v) is 3.48. The lowest BCUT2D eigenvalue weighted by Crippen LogP contribution is -2.28. The van der Waals surface area contributed by atoms with E-state index in [1.807, 2.05) is 29.8 Å². The number of imidazole rings is 1. The molecule has 4 heterocycles. The van der Waals surface area contributed by atoms with E-state index in [1.165, 1.54) is 11.3 Å². The van der Waals surface area contributed by atoms with E-state index < -0.39 is 0 Å². The van der Waals surface area contributed by atoms with Crippen LogP contribution in [0.25, 0.3) is 5.78 Å². The minimum absolute atomic E-state index is 0.177. The fraction of sp³-hybridized carbons (Fsp3) is 0.312. The number of fused-ring (bicyclic) bond motifs is 2. The van der Waals surface area contributed by atoms with E-state index in [0.29, 0.717) is 35.4 Å². The highest BCUT2D eigenvalue weighted by Gasteiger charge is 2.25. The van der Waals surface area contributed by atoms with E-state index in [0.717, 1.165) is 12.1 Å². The molecule has 1 aliphatic heterocycles. The number of hydrogen-bond donors (Lipinski definition) is 1. The Hall–Kier alpha value is -2.61. The van der Waals surface area contributed by atoms with Crippen molar-refractivity contribution in [2.24, 2.45) is 0 Å². The van der Waals surface area contributed by atoms with Crippen LogP contribution in [-0.2, 0) is 0 Å². The maximum absolute atomic E-state index is 12.6. The highest BCUT2D eigenvalue weighted by molar-refractivity contribution is 7.12. The molecule has 0 unspecified atom stereocenters. The van der Waals surface area contributed by atoms with Gasteiger partial charge >= 0.3 is 0 Å². The second-order valence-corrected chi connectivity index (χ2v) is 6.26. The number of amides is 1. The van der Waals surface area contributed by atoms with Crippen molar-refractivity contribution in [3.8, 4) is 11.5 Å². The normalized spacial score (nSPS) is 14.5. The Bertz CT molecular complexity index is 855. The first kappa shape index (κ1) is 14.9. The minimum atomic E-state index is -0.193. The second kappa shape index (κ2) is 6.12. The van der Waals surface area contributed by atoms with E-state index in [2.05, 4.69) is 15.3 Å². The predicted molar refractivity (Wildman–Crippen MR) is 88.8 cm³/mol. The summed E-state index contributed by atoms with van der Waals surface area (Å²) >= 11 is 1.33. The number of aromatic nitrogens is 3. The van der Waals surface area contributed by atoms with Crippen molar-refractivity contribution in [2.75, 3.05) is 13.2 Å². The third kappa shape index (κ3) is 2.58. The highest BCUT2D eigenvalue weighted by atomic mass is 32.1. The van der Waals surface area contributed by atoms with E-state index in [9.17, 15) is 4.79 Å². The van der Waals surface area contributed by atoms with Crippen molar-refractivity contribution < 1.29 is 14.3 Å². The zero-order valence-electron chi connectivity index (χ0n) is 13.1. The molecule has 7 nitrogen and oxygen atoms in total. The predicted octanol–water partition coefficient (Wildman–Crippen LogP) is 2.44. The van der Waals surface area contributed by atoms with Crippen LogP contribution in [0.4, 0.5) is 0 Å². The zero-order valence-corrected chi connectivity index (χ0v) is 13.9. The number of hydrogen-bond acceptors (Lipinski definition) is 6. The number of carbonyl (C=O) groups excluding carboxylic acids is 1. The van der Waals surface area contributed by atoms with Gasteiger partial charge in [-0.05, 0) is 12.5 Å². The van der Waals surface area contributed by atoms with Gasteiger partial charge in [-0.25, -0.2) is 9.97 Å².